The zero-order valence-electron chi connectivity index (χ0n) is 21.8. The van der Waals surface area contributed by atoms with E-state index in [4.69, 9.17) is 4.74 Å². The number of nitrogens with one attached hydrogen (secondary N) is 2. The van der Waals surface area contributed by atoms with Crippen molar-refractivity contribution in [2.24, 2.45) is 7.05 Å². The molecule has 0 saturated heterocycles. The zero-order chi connectivity index (χ0) is 26.4. The molecule has 0 aliphatic heterocycles. The third kappa shape index (κ3) is 7.28. The van der Waals surface area contributed by atoms with Crippen molar-refractivity contribution in [3.05, 3.63) is 60.7 Å². The summed E-state index contributed by atoms with van der Waals surface area (Å²) >= 11 is 0. The minimum atomic E-state index is -0.546. The van der Waals surface area contributed by atoms with Gasteiger partial charge >= 0.3 is 12.1 Å². The van der Waals surface area contributed by atoms with Crippen LogP contribution in [0.4, 0.5) is 15.4 Å². The number of carbonyl (C=O) groups is 2. The minimum Gasteiger partial charge on any atom is -0.444 e. The number of anilines is 1. The maximum absolute atomic E-state index is 13.4. The molecular weight excluding hydrogens is 470 g/mol. The number of hydrogen-bond acceptors (Lipinski definition) is 6. The molecule has 0 atom stereocenters. The van der Waals surface area contributed by atoms with Gasteiger partial charge in [0, 0.05) is 37.4 Å². The summed E-state index contributed by atoms with van der Waals surface area (Å²) in [7, 11) is 1.85. The molecule has 10 heteroatoms. The molecule has 37 heavy (non-hydrogen) atoms. The Morgan fingerprint density at radius 3 is 2.38 bits per heavy atom. The van der Waals surface area contributed by atoms with E-state index in [1.807, 2.05) is 64.3 Å². The number of alkyl carbamates (subject to hydrolysis) is 1. The second kappa shape index (κ2) is 11.4. The van der Waals surface area contributed by atoms with E-state index in [1.54, 1.807) is 28.2 Å². The zero-order valence-corrected chi connectivity index (χ0v) is 21.8. The Morgan fingerprint density at radius 2 is 1.78 bits per heavy atom. The van der Waals surface area contributed by atoms with Crippen molar-refractivity contribution in [2.45, 2.75) is 70.7 Å². The summed E-state index contributed by atoms with van der Waals surface area (Å²) in [4.78, 5) is 36.5. The van der Waals surface area contributed by atoms with Gasteiger partial charge in [-0.2, -0.15) is 5.10 Å². The number of nitrogens with zero attached hydrogens (tertiary/aromatic N) is 5. The summed E-state index contributed by atoms with van der Waals surface area (Å²) in [5, 5.41) is 10.2. The third-order valence-corrected chi connectivity index (χ3v) is 6.17. The van der Waals surface area contributed by atoms with Crippen LogP contribution < -0.4 is 15.5 Å². The number of hydrogen-bond donors (Lipinski definition) is 2. The fraction of sp³-hybridized carbons (Fsp3) is 0.444. The number of rotatable bonds is 6. The molecule has 1 aromatic carbocycles. The lowest BCUT2D eigenvalue weighted by Gasteiger charge is -2.36. The minimum absolute atomic E-state index is 0.000583. The van der Waals surface area contributed by atoms with E-state index in [0.717, 1.165) is 24.0 Å². The molecule has 10 nitrogen and oxygen atoms in total. The Balaban J connectivity index is 1.46. The first kappa shape index (κ1) is 26.1. The Morgan fingerprint density at radius 1 is 1.05 bits per heavy atom. The summed E-state index contributed by atoms with van der Waals surface area (Å²) < 4.78 is 7.10. The first-order valence-electron chi connectivity index (χ1n) is 12.6. The van der Waals surface area contributed by atoms with Gasteiger partial charge in [0.25, 0.3) is 0 Å². The Bertz CT molecular complexity index is 1180. The molecule has 0 bridgehead atoms. The summed E-state index contributed by atoms with van der Waals surface area (Å²) in [5.41, 5.74) is 2.01. The maximum atomic E-state index is 13.4. The van der Waals surface area contributed by atoms with Crippen LogP contribution in [0.25, 0.3) is 11.3 Å². The van der Waals surface area contributed by atoms with Gasteiger partial charge in [0.1, 0.15) is 5.60 Å². The highest BCUT2D eigenvalue weighted by atomic mass is 16.6. The molecule has 3 amide bonds. The van der Waals surface area contributed by atoms with Crippen molar-refractivity contribution < 1.29 is 14.3 Å². The average molecular weight is 506 g/mol. The molecule has 196 valence electrons. The van der Waals surface area contributed by atoms with Crippen LogP contribution in [0.2, 0.25) is 0 Å². The first-order valence-corrected chi connectivity index (χ1v) is 12.6. The van der Waals surface area contributed by atoms with E-state index in [1.165, 1.54) is 0 Å². The van der Waals surface area contributed by atoms with Crippen LogP contribution >= 0.6 is 0 Å². The molecular formula is C27H35N7O3. The van der Waals surface area contributed by atoms with Gasteiger partial charge in [-0.05, 0) is 52.0 Å². The molecule has 0 spiro atoms. The topological polar surface area (TPSA) is 114 Å². The van der Waals surface area contributed by atoms with Gasteiger partial charge in [0.05, 0.1) is 24.3 Å². The van der Waals surface area contributed by atoms with Crippen LogP contribution in [0.5, 0.6) is 0 Å². The third-order valence-electron chi connectivity index (χ3n) is 6.17. The van der Waals surface area contributed by atoms with Gasteiger partial charge < -0.3 is 15.4 Å². The van der Waals surface area contributed by atoms with E-state index in [-0.39, 0.29) is 18.1 Å². The SMILES string of the molecule is Cn1cc(-c2cnc(N(C(=O)NCc3ccccc3)[C@H]3CC[C@H](NC(=O)OC(C)(C)C)CC3)cn2)cn1. The highest BCUT2D eigenvalue weighted by Gasteiger charge is 2.32. The lowest BCUT2D eigenvalue weighted by molar-refractivity contribution is 0.0491. The van der Waals surface area contributed by atoms with Gasteiger partial charge in [-0.25, -0.2) is 14.6 Å². The molecule has 2 aromatic heterocycles. The van der Waals surface area contributed by atoms with Gasteiger partial charge in [-0.1, -0.05) is 30.3 Å². The Kier molecular flexibility index (Phi) is 8.05. The second-order valence-corrected chi connectivity index (χ2v) is 10.3. The number of amides is 3. The maximum Gasteiger partial charge on any atom is 0.407 e. The van der Waals surface area contributed by atoms with Gasteiger partial charge in [0.2, 0.25) is 0 Å². The van der Waals surface area contributed by atoms with Crippen molar-refractivity contribution in [3.63, 3.8) is 0 Å². The predicted octanol–water partition coefficient (Wildman–Crippen LogP) is 4.43. The number of urea groups is 1. The van der Waals surface area contributed by atoms with Crippen LogP contribution in [-0.4, -0.2) is 49.6 Å². The molecule has 2 heterocycles. The molecule has 1 fully saturated rings. The largest absolute Gasteiger partial charge is 0.444 e. The van der Waals surface area contributed by atoms with Crippen LogP contribution in [0, 0.1) is 0 Å². The number of benzene rings is 1. The summed E-state index contributed by atoms with van der Waals surface area (Å²) in [5.74, 6) is 0.488. The van der Waals surface area contributed by atoms with Gasteiger partial charge in [-0.3, -0.25) is 14.6 Å². The van der Waals surface area contributed by atoms with Crippen LogP contribution in [0.3, 0.4) is 0 Å². The van der Waals surface area contributed by atoms with Crippen molar-refractivity contribution >= 4 is 17.9 Å². The molecule has 1 aliphatic rings. The molecule has 1 saturated carbocycles. The quantitative estimate of drug-likeness (QED) is 0.512. The predicted molar refractivity (Wildman–Crippen MR) is 141 cm³/mol. The molecule has 0 radical (unpaired) electrons. The first-order chi connectivity index (χ1) is 17.7. The number of aryl methyl sites for hydroxylation is 1. The van der Waals surface area contributed by atoms with E-state index >= 15 is 0 Å². The molecule has 2 N–H and O–H groups in total. The highest BCUT2D eigenvalue weighted by molar-refractivity contribution is 5.91. The molecule has 3 aromatic rings. The van der Waals surface area contributed by atoms with Crippen LogP contribution in [0.1, 0.15) is 52.0 Å². The van der Waals surface area contributed by atoms with E-state index < -0.39 is 11.7 Å². The van der Waals surface area contributed by atoms with Gasteiger partial charge in [-0.15, -0.1) is 0 Å². The fourth-order valence-electron chi connectivity index (χ4n) is 4.42. The summed E-state index contributed by atoms with van der Waals surface area (Å²) in [6, 6.07) is 9.48. The lowest BCUT2D eigenvalue weighted by atomic mass is 9.90. The average Bonchev–Trinajstić information content (AvgIpc) is 3.30. The van der Waals surface area contributed by atoms with E-state index in [2.05, 4.69) is 25.7 Å². The molecule has 0 unspecified atom stereocenters. The van der Waals surface area contributed by atoms with Gasteiger partial charge in [0.15, 0.2) is 5.82 Å². The lowest BCUT2D eigenvalue weighted by Crippen LogP contribution is -2.50. The van der Waals surface area contributed by atoms with E-state index in [0.29, 0.717) is 30.9 Å². The molecule has 4 rings (SSSR count). The van der Waals surface area contributed by atoms with Crippen molar-refractivity contribution in [2.75, 3.05) is 4.90 Å². The Labute approximate surface area is 217 Å². The van der Waals surface area contributed by atoms with Crippen LogP contribution in [0.15, 0.2) is 55.1 Å². The van der Waals surface area contributed by atoms with Crippen molar-refractivity contribution in [1.82, 2.24) is 30.4 Å². The summed E-state index contributed by atoms with van der Waals surface area (Å²) in [6.07, 6.45) is 9.37. The monoisotopic (exact) mass is 505 g/mol. The summed E-state index contributed by atoms with van der Waals surface area (Å²) in [6.45, 7) is 5.94. The number of aromatic nitrogens is 4. The fourth-order valence-corrected chi connectivity index (χ4v) is 4.42. The smallest absolute Gasteiger partial charge is 0.407 e. The normalized spacial score (nSPS) is 17.6. The van der Waals surface area contributed by atoms with Crippen molar-refractivity contribution in [3.8, 4) is 11.3 Å². The molecule has 1 aliphatic carbocycles. The number of ether oxygens (including phenoxy) is 1. The second-order valence-electron chi connectivity index (χ2n) is 10.3. The number of carbonyl (C=O) groups excluding carboxylic acids is 2. The highest BCUT2D eigenvalue weighted by Crippen LogP contribution is 2.28. The van der Waals surface area contributed by atoms with E-state index in [9.17, 15) is 9.59 Å². The standard InChI is InChI=1S/C27H35N7O3/c1-27(2,3)37-26(36)32-21-10-12-22(13-11-21)34(25(35)30-14-19-8-6-5-7-9-19)24-17-28-23(16-29-24)20-15-31-33(4)18-20/h5-9,15-18,21-22H,10-14H2,1-4H3,(H,30,35)(H,32,36)/t21-,22-. The van der Waals surface area contributed by atoms with Crippen LogP contribution in [-0.2, 0) is 18.3 Å². The Hall–Kier alpha value is -3.95. The van der Waals surface area contributed by atoms with Crippen molar-refractivity contribution in [1.29, 1.82) is 0 Å².